The van der Waals surface area contributed by atoms with E-state index in [0.29, 0.717) is 0 Å². The van der Waals surface area contributed by atoms with E-state index in [9.17, 15) is 9.50 Å². The van der Waals surface area contributed by atoms with Crippen LogP contribution in [0.1, 0.15) is 11.1 Å². The van der Waals surface area contributed by atoms with Crippen LogP contribution in [-0.4, -0.2) is 16.0 Å². The van der Waals surface area contributed by atoms with Gasteiger partial charge in [0.2, 0.25) is 0 Å². The van der Waals surface area contributed by atoms with Crippen molar-refractivity contribution in [3.63, 3.8) is 0 Å². The van der Waals surface area contributed by atoms with Crippen molar-refractivity contribution in [2.45, 2.75) is 0 Å². The van der Waals surface area contributed by atoms with E-state index < -0.39 is 5.82 Å². The van der Waals surface area contributed by atoms with Crippen LogP contribution in [-0.2, 0) is 0 Å². The van der Waals surface area contributed by atoms with E-state index in [2.05, 4.69) is 5.16 Å². The number of benzene rings is 2. The molecule has 0 saturated carbocycles. The van der Waals surface area contributed by atoms with Crippen LogP contribution in [0.3, 0.4) is 0 Å². The first kappa shape index (κ1) is 13.6. The second kappa shape index (κ2) is 5.47. The van der Waals surface area contributed by atoms with Gasteiger partial charge in [0.1, 0.15) is 22.3 Å². The van der Waals surface area contributed by atoms with Crippen molar-refractivity contribution in [3.8, 4) is 5.75 Å². The number of halogens is 3. The molecule has 0 amide bonds. The third-order valence-corrected chi connectivity index (χ3v) is 3.42. The normalized spacial score (nSPS) is 11.6. The van der Waals surface area contributed by atoms with Gasteiger partial charge in [-0.2, -0.15) is 0 Å². The van der Waals surface area contributed by atoms with Gasteiger partial charge in [-0.1, -0.05) is 40.5 Å². The molecule has 0 bridgehead atoms. The van der Waals surface area contributed by atoms with Crippen molar-refractivity contribution in [3.05, 3.63) is 63.4 Å². The molecule has 0 spiro atoms. The Labute approximate surface area is 118 Å². The molecule has 98 valence electrons. The summed E-state index contributed by atoms with van der Waals surface area (Å²) >= 11 is 11.8. The van der Waals surface area contributed by atoms with Gasteiger partial charge >= 0.3 is 0 Å². The zero-order chi connectivity index (χ0) is 14.0. The molecule has 0 aliphatic carbocycles. The molecule has 0 saturated heterocycles. The molecule has 2 aromatic carbocycles. The summed E-state index contributed by atoms with van der Waals surface area (Å²) in [5.41, 5.74) is 0.232. The quantitative estimate of drug-likeness (QED) is 0.499. The van der Waals surface area contributed by atoms with Crippen LogP contribution in [0.25, 0.3) is 0 Å². The Bertz CT molecular complexity index is 659. The lowest BCUT2D eigenvalue weighted by Crippen LogP contribution is -2.07. The van der Waals surface area contributed by atoms with Gasteiger partial charge in [-0.3, -0.25) is 0 Å². The Morgan fingerprint density at radius 1 is 1.00 bits per heavy atom. The highest BCUT2D eigenvalue weighted by Gasteiger charge is 2.18. The topological polar surface area (TPSA) is 52.8 Å². The van der Waals surface area contributed by atoms with Crippen molar-refractivity contribution in [2.24, 2.45) is 5.16 Å². The maximum Gasteiger partial charge on any atom is 0.135 e. The zero-order valence-corrected chi connectivity index (χ0v) is 11.0. The number of aromatic hydroxyl groups is 1. The molecule has 0 fully saturated rings. The minimum atomic E-state index is -0.560. The van der Waals surface area contributed by atoms with Crippen molar-refractivity contribution in [1.82, 2.24) is 0 Å². The van der Waals surface area contributed by atoms with Crippen LogP contribution in [0.5, 0.6) is 5.75 Å². The predicted octanol–water partition coefficient (Wildman–Crippen LogP) is 4.06. The number of phenols is 1. The molecule has 2 aromatic rings. The molecule has 0 heterocycles. The van der Waals surface area contributed by atoms with E-state index in [1.165, 1.54) is 30.3 Å². The maximum atomic E-state index is 13.7. The van der Waals surface area contributed by atoms with Crippen molar-refractivity contribution in [1.29, 1.82) is 0 Å². The highest BCUT2D eigenvalue weighted by molar-refractivity contribution is 6.45. The van der Waals surface area contributed by atoms with Crippen LogP contribution in [0.4, 0.5) is 4.39 Å². The Morgan fingerprint density at radius 2 is 1.68 bits per heavy atom. The van der Waals surface area contributed by atoms with E-state index in [1.807, 2.05) is 0 Å². The number of hydrogen-bond acceptors (Lipinski definition) is 3. The largest absolute Gasteiger partial charge is 0.506 e. The molecule has 0 atom stereocenters. The molecule has 3 nitrogen and oxygen atoms in total. The maximum absolute atomic E-state index is 13.7. The lowest BCUT2D eigenvalue weighted by Gasteiger charge is -2.10. The zero-order valence-electron chi connectivity index (χ0n) is 9.44. The van der Waals surface area contributed by atoms with Crippen molar-refractivity contribution >= 4 is 28.9 Å². The minimum absolute atomic E-state index is 0.0160. The van der Waals surface area contributed by atoms with Gasteiger partial charge in [0.25, 0.3) is 0 Å². The molecule has 0 aliphatic heterocycles. The van der Waals surface area contributed by atoms with Gasteiger partial charge in [0.05, 0.1) is 5.02 Å². The first-order chi connectivity index (χ1) is 9.06. The molecule has 0 unspecified atom stereocenters. The Hall–Kier alpha value is -1.78. The summed E-state index contributed by atoms with van der Waals surface area (Å²) in [6.45, 7) is 0. The fourth-order valence-corrected chi connectivity index (χ4v) is 2.04. The van der Waals surface area contributed by atoms with E-state index in [-0.39, 0.29) is 32.6 Å². The number of nitrogens with zero attached hydrogens (tertiary/aromatic N) is 1. The van der Waals surface area contributed by atoms with Crippen molar-refractivity contribution in [2.75, 3.05) is 0 Å². The third-order valence-electron chi connectivity index (χ3n) is 2.55. The summed E-state index contributed by atoms with van der Waals surface area (Å²) < 4.78 is 13.7. The summed E-state index contributed by atoms with van der Waals surface area (Å²) in [7, 11) is 0. The number of oxime groups is 1. The smallest absolute Gasteiger partial charge is 0.135 e. The Kier molecular flexibility index (Phi) is 3.93. The van der Waals surface area contributed by atoms with Gasteiger partial charge in [0.15, 0.2) is 0 Å². The van der Waals surface area contributed by atoms with Crippen LogP contribution in [0.2, 0.25) is 10.0 Å². The molecule has 0 aromatic heterocycles. The van der Waals surface area contributed by atoms with E-state index in [0.717, 1.165) is 0 Å². The monoisotopic (exact) mass is 299 g/mol. The molecule has 2 N–H and O–H groups in total. The van der Waals surface area contributed by atoms with Crippen molar-refractivity contribution < 1.29 is 14.7 Å². The molecule has 2 rings (SSSR count). The average Bonchev–Trinajstić information content (AvgIpc) is 2.41. The highest BCUT2D eigenvalue weighted by Crippen LogP contribution is 2.35. The lowest BCUT2D eigenvalue weighted by atomic mass is 10.0. The number of phenolic OH excluding ortho intramolecular Hbond substituents is 1. The summed E-state index contributed by atoms with van der Waals surface area (Å²) in [6.07, 6.45) is 0. The van der Waals surface area contributed by atoms with Gasteiger partial charge in [-0.05, 0) is 24.3 Å². The second-order valence-electron chi connectivity index (χ2n) is 3.69. The standard InChI is InChI=1S/C13H8Cl2FNO2/c14-11-8(5-6-10(18)12(11)15)13(17-19)7-3-1-2-4-9(7)16/h1-6,18-19H/b17-13+. The summed E-state index contributed by atoms with van der Waals surface area (Å²) in [4.78, 5) is 0. The molecule has 6 heteroatoms. The van der Waals surface area contributed by atoms with Gasteiger partial charge in [0, 0.05) is 11.1 Å². The molecule has 0 aliphatic rings. The SMILES string of the molecule is O/N=C(\c1ccccc1F)c1ccc(O)c(Cl)c1Cl. The van der Waals surface area contributed by atoms with Gasteiger partial charge in [-0.25, -0.2) is 4.39 Å². The van der Waals surface area contributed by atoms with Crippen LogP contribution in [0.15, 0.2) is 41.6 Å². The number of hydrogen-bond donors (Lipinski definition) is 2. The van der Waals surface area contributed by atoms with E-state index in [4.69, 9.17) is 28.4 Å². The fraction of sp³-hybridized carbons (Fsp3) is 0. The first-order valence-corrected chi connectivity index (χ1v) is 5.96. The predicted molar refractivity (Wildman–Crippen MR) is 72.0 cm³/mol. The average molecular weight is 300 g/mol. The van der Waals surface area contributed by atoms with Crippen LogP contribution >= 0.6 is 23.2 Å². The fourth-order valence-electron chi connectivity index (χ4n) is 1.63. The molecular formula is C13H8Cl2FNO2. The highest BCUT2D eigenvalue weighted by atomic mass is 35.5. The molecule has 0 radical (unpaired) electrons. The van der Waals surface area contributed by atoms with Gasteiger partial charge < -0.3 is 10.3 Å². The summed E-state index contributed by atoms with van der Waals surface area (Å²) in [6, 6.07) is 8.47. The minimum Gasteiger partial charge on any atom is -0.506 e. The summed E-state index contributed by atoms with van der Waals surface area (Å²) in [5, 5.41) is 21.5. The lowest BCUT2D eigenvalue weighted by molar-refractivity contribution is 0.319. The second-order valence-corrected chi connectivity index (χ2v) is 4.44. The first-order valence-electron chi connectivity index (χ1n) is 5.20. The molecule has 19 heavy (non-hydrogen) atoms. The Balaban J connectivity index is 2.63. The summed E-state index contributed by atoms with van der Waals surface area (Å²) in [5.74, 6) is -0.767. The van der Waals surface area contributed by atoms with Crippen LogP contribution < -0.4 is 0 Å². The number of rotatable bonds is 2. The third kappa shape index (κ3) is 2.50. The van der Waals surface area contributed by atoms with E-state index in [1.54, 1.807) is 6.07 Å². The van der Waals surface area contributed by atoms with Crippen LogP contribution in [0, 0.1) is 5.82 Å². The van der Waals surface area contributed by atoms with Gasteiger partial charge in [-0.15, -0.1) is 0 Å². The van der Waals surface area contributed by atoms with E-state index >= 15 is 0 Å². The Morgan fingerprint density at radius 3 is 2.32 bits per heavy atom. The molecular weight excluding hydrogens is 292 g/mol.